The molecule has 0 aliphatic carbocycles. The number of nitrogens with zero attached hydrogens (tertiary/aromatic N) is 3. The van der Waals surface area contributed by atoms with Gasteiger partial charge in [0.2, 0.25) is 11.8 Å². The Labute approximate surface area is 124 Å². The molecule has 1 aromatic carbocycles. The Bertz CT molecular complexity index is 580. The molecule has 1 atom stereocenters. The summed E-state index contributed by atoms with van der Waals surface area (Å²) in [6.07, 6.45) is 2.63. The van der Waals surface area contributed by atoms with Crippen LogP contribution in [0.5, 0.6) is 0 Å². The monoisotopic (exact) mass is 287 g/mol. The summed E-state index contributed by atoms with van der Waals surface area (Å²) in [6.45, 7) is 4.38. The van der Waals surface area contributed by atoms with Gasteiger partial charge in [-0.1, -0.05) is 18.2 Å². The van der Waals surface area contributed by atoms with Crippen molar-refractivity contribution in [1.82, 2.24) is 15.1 Å². The van der Waals surface area contributed by atoms with Crippen molar-refractivity contribution >= 4 is 0 Å². The lowest BCUT2D eigenvalue weighted by Gasteiger charge is -2.21. The van der Waals surface area contributed by atoms with Crippen molar-refractivity contribution in [1.29, 1.82) is 0 Å². The van der Waals surface area contributed by atoms with Crippen LogP contribution in [0.1, 0.15) is 32.1 Å². The molecule has 21 heavy (non-hydrogen) atoms. The van der Waals surface area contributed by atoms with Crippen LogP contribution in [0.15, 0.2) is 34.7 Å². The third-order valence-corrected chi connectivity index (χ3v) is 4.00. The Kier molecular flexibility index (Phi) is 4.03. The highest BCUT2D eigenvalue weighted by Crippen LogP contribution is 2.23. The Balaban J connectivity index is 1.65. The highest BCUT2D eigenvalue weighted by atomic mass is 16.4. The molecule has 5 nitrogen and oxygen atoms in total. The Morgan fingerprint density at radius 2 is 2.00 bits per heavy atom. The lowest BCUT2D eigenvalue weighted by molar-refractivity contribution is 0.0441. The number of hydrogen-bond donors (Lipinski definition) is 1. The number of aromatic nitrogens is 2. The van der Waals surface area contributed by atoms with Gasteiger partial charge in [-0.25, -0.2) is 0 Å². The fourth-order valence-corrected chi connectivity index (χ4v) is 2.68. The van der Waals surface area contributed by atoms with Crippen LogP contribution >= 0.6 is 0 Å². The first-order valence-electron chi connectivity index (χ1n) is 7.45. The Morgan fingerprint density at radius 1 is 1.19 bits per heavy atom. The summed E-state index contributed by atoms with van der Waals surface area (Å²) in [5.41, 5.74) is 0.397. The lowest BCUT2D eigenvalue weighted by Crippen LogP contribution is -2.28. The minimum atomic E-state index is -0.543. The molecule has 0 saturated carbocycles. The second kappa shape index (κ2) is 5.95. The fourth-order valence-electron chi connectivity index (χ4n) is 2.68. The van der Waals surface area contributed by atoms with Gasteiger partial charge in [-0.05, 0) is 44.9 Å². The van der Waals surface area contributed by atoms with E-state index in [4.69, 9.17) is 4.42 Å². The topological polar surface area (TPSA) is 62.4 Å². The van der Waals surface area contributed by atoms with Gasteiger partial charge in [0.05, 0.1) is 12.1 Å². The van der Waals surface area contributed by atoms with Crippen LogP contribution in [0.2, 0.25) is 0 Å². The second-order valence-corrected chi connectivity index (χ2v) is 5.99. The normalized spacial score (nSPS) is 23.9. The smallest absolute Gasteiger partial charge is 0.247 e. The lowest BCUT2D eigenvalue weighted by atomic mass is 9.98. The van der Waals surface area contributed by atoms with E-state index >= 15 is 0 Å². The molecule has 0 bridgehead atoms. The molecular formula is C16H21N3O2. The first-order chi connectivity index (χ1) is 10.1. The molecule has 1 N–H and O–H groups in total. The molecule has 0 radical (unpaired) electrons. The van der Waals surface area contributed by atoms with Gasteiger partial charge in [0.15, 0.2) is 0 Å². The van der Waals surface area contributed by atoms with Crippen LogP contribution in [-0.4, -0.2) is 38.9 Å². The van der Waals surface area contributed by atoms with Gasteiger partial charge in [-0.2, -0.15) is 0 Å². The summed E-state index contributed by atoms with van der Waals surface area (Å²) < 4.78 is 5.74. The fraction of sp³-hybridized carbons (Fsp3) is 0.500. The van der Waals surface area contributed by atoms with E-state index in [-0.39, 0.29) is 0 Å². The van der Waals surface area contributed by atoms with E-state index in [0.29, 0.717) is 18.3 Å². The van der Waals surface area contributed by atoms with Gasteiger partial charge in [-0.15, -0.1) is 10.2 Å². The van der Waals surface area contributed by atoms with Crippen LogP contribution in [0.4, 0.5) is 0 Å². The van der Waals surface area contributed by atoms with Crippen molar-refractivity contribution in [3.63, 3.8) is 0 Å². The number of rotatable bonds is 3. The summed E-state index contributed by atoms with van der Waals surface area (Å²) in [7, 11) is 0. The zero-order chi connectivity index (χ0) is 14.7. The largest absolute Gasteiger partial charge is 0.419 e. The minimum absolute atomic E-state index is 0.543. The molecule has 5 heteroatoms. The molecule has 1 aliphatic rings. The van der Waals surface area contributed by atoms with Crippen molar-refractivity contribution in [3.05, 3.63) is 36.2 Å². The molecule has 2 aromatic rings. The highest BCUT2D eigenvalue weighted by molar-refractivity contribution is 5.51. The van der Waals surface area contributed by atoms with E-state index in [9.17, 15) is 5.11 Å². The maximum Gasteiger partial charge on any atom is 0.247 e. The maximum atomic E-state index is 10.1. The molecule has 1 aliphatic heterocycles. The molecule has 0 spiro atoms. The molecule has 1 saturated heterocycles. The van der Waals surface area contributed by atoms with E-state index in [1.807, 2.05) is 37.3 Å². The number of likely N-dealkylation sites (tertiary alicyclic amines) is 1. The van der Waals surface area contributed by atoms with Crippen LogP contribution in [0, 0.1) is 0 Å². The van der Waals surface area contributed by atoms with Gasteiger partial charge in [0.25, 0.3) is 0 Å². The van der Waals surface area contributed by atoms with Crippen molar-refractivity contribution in [2.45, 2.75) is 38.3 Å². The molecule has 112 valence electrons. The van der Waals surface area contributed by atoms with Crippen molar-refractivity contribution in [2.24, 2.45) is 0 Å². The number of benzene rings is 1. The van der Waals surface area contributed by atoms with E-state index in [1.165, 1.54) is 0 Å². The number of aliphatic hydroxyl groups is 1. The molecule has 1 unspecified atom stereocenters. The van der Waals surface area contributed by atoms with Crippen LogP contribution in [-0.2, 0) is 6.54 Å². The van der Waals surface area contributed by atoms with Crippen LogP contribution in [0.25, 0.3) is 11.5 Å². The Morgan fingerprint density at radius 3 is 2.81 bits per heavy atom. The predicted octanol–water partition coefficient (Wildman–Crippen LogP) is 2.47. The third kappa shape index (κ3) is 3.68. The van der Waals surface area contributed by atoms with Crippen molar-refractivity contribution in [2.75, 3.05) is 13.1 Å². The van der Waals surface area contributed by atoms with E-state index in [2.05, 4.69) is 15.1 Å². The van der Waals surface area contributed by atoms with Gasteiger partial charge in [-0.3, -0.25) is 4.90 Å². The number of hydrogen-bond acceptors (Lipinski definition) is 5. The summed E-state index contributed by atoms with van der Waals surface area (Å²) >= 11 is 0. The second-order valence-electron chi connectivity index (χ2n) is 5.99. The average molecular weight is 287 g/mol. The first kappa shape index (κ1) is 14.2. The van der Waals surface area contributed by atoms with Crippen LogP contribution < -0.4 is 0 Å². The highest BCUT2D eigenvalue weighted by Gasteiger charge is 2.25. The molecule has 0 amide bonds. The molecule has 1 fully saturated rings. The van der Waals surface area contributed by atoms with Gasteiger partial charge < -0.3 is 9.52 Å². The van der Waals surface area contributed by atoms with E-state index < -0.39 is 5.60 Å². The quantitative estimate of drug-likeness (QED) is 0.939. The minimum Gasteiger partial charge on any atom is -0.419 e. The molecule has 1 aromatic heterocycles. The molecular weight excluding hydrogens is 266 g/mol. The van der Waals surface area contributed by atoms with E-state index in [0.717, 1.165) is 37.9 Å². The summed E-state index contributed by atoms with van der Waals surface area (Å²) in [6, 6.07) is 9.79. The summed E-state index contributed by atoms with van der Waals surface area (Å²) in [5, 5.41) is 18.4. The Hall–Kier alpha value is -1.72. The SMILES string of the molecule is CC1(O)CCCN(Cc2nnc(-c3ccccc3)o2)CC1. The predicted molar refractivity (Wildman–Crippen MR) is 79.5 cm³/mol. The van der Waals surface area contributed by atoms with Gasteiger partial charge in [0.1, 0.15) is 0 Å². The standard InChI is InChI=1S/C16H21N3O2/c1-16(20)8-5-10-19(11-9-16)12-14-17-18-15(21-14)13-6-3-2-4-7-13/h2-4,6-7,20H,5,8-12H2,1H3. The zero-order valence-electron chi connectivity index (χ0n) is 12.3. The van der Waals surface area contributed by atoms with Crippen molar-refractivity contribution < 1.29 is 9.52 Å². The first-order valence-corrected chi connectivity index (χ1v) is 7.45. The van der Waals surface area contributed by atoms with Crippen molar-refractivity contribution in [3.8, 4) is 11.5 Å². The average Bonchev–Trinajstić information content (AvgIpc) is 2.87. The van der Waals surface area contributed by atoms with Gasteiger partial charge in [0, 0.05) is 12.1 Å². The van der Waals surface area contributed by atoms with Gasteiger partial charge >= 0.3 is 0 Å². The maximum absolute atomic E-state index is 10.1. The van der Waals surface area contributed by atoms with Crippen LogP contribution in [0.3, 0.4) is 0 Å². The van der Waals surface area contributed by atoms with E-state index in [1.54, 1.807) is 0 Å². The molecule has 2 heterocycles. The summed E-state index contributed by atoms with van der Waals surface area (Å²) in [5.74, 6) is 1.20. The summed E-state index contributed by atoms with van der Waals surface area (Å²) in [4.78, 5) is 2.27. The third-order valence-electron chi connectivity index (χ3n) is 4.00. The zero-order valence-corrected chi connectivity index (χ0v) is 12.3. The molecule has 3 rings (SSSR count).